The van der Waals surface area contributed by atoms with Gasteiger partial charge in [0.2, 0.25) is 5.95 Å². The minimum atomic E-state index is -5.08. The zero-order chi connectivity index (χ0) is 20.2. The third-order valence-electron chi connectivity index (χ3n) is 3.72. The number of nitrogens with zero attached hydrogens (tertiary/aromatic N) is 5. The fourth-order valence-electron chi connectivity index (χ4n) is 2.43. The van der Waals surface area contributed by atoms with Crippen LogP contribution in [0.15, 0.2) is 12.4 Å². The standard InChI is InChI=1S/C13H17FN6.C2HF3O2/c1-9-7-17-19(2)12(9)11-10(14)8-16-13(18-11)20-5-3-15-4-6-20;3-2(4,5)1(6)7/h7-8,15H,3-6H2,1-2H3;(H,6,7). The van der Waals surface area contributed by atoms with Gasteiger partial charge in [-0.25, -0.2) is 19.2 Å². The summed E-state index contributed by atoms with van der Waals surface area (Å²) in [5, 5.41) is 14.5. The number of carbonyl (C=O) groups is 1. The maximum atomic E-state index is 14.1. The Morgan fingerprint density at radius 1 is 1.26 bits per heavy atom. The zero-order valence-corrected chi connectivity index (χ0v) is 14.6. The summed E-state index contributed by atoms with van der Waals surface area (Å²) in [7, 11) is 1.79. The number of piperazine rings is 1. The van der Waals surface area contributed by atoms with Crippen LogP contribution in [-0.4, -0.2) is 63.2 Å². The molecule has 1 aliphatic rings. The molecule has 3 rings (SSSR count). The summed E-state index contributed by atoms with van der Waals surface area (Å²) in [5.74, 6) is -2.61. The molecule has 1 fully saturated rings. The number of hydrogen-bond acceptors (Lipinski definition) is 6. The highest BCUT2D eigenvalue weighted by Crippen LogP contribution is 2.24. The fourth-order valence-corrected chi connectivity index (χ4v) is 2.43. The van der Waals surface area contributed by atoms with E-state index in [2.05, 4.69) is 25.3 Å². The first-order chi connectivity index (χ1) is 12.6. The molecule has 1 aliphatic heterocycles. The Morgan fingerprint density at radius 3 is 2.33 bits per heavy atom. The number of hydrogen-bond donors (Lipinski definition) is 2. The second kappa shape index (κ2) is 8.29. The number of aromatic nitrogens is 4. The lowest BCUT2D eigenvalue weighted by Gasteiger charge is -2.27. The molecule has 0 atom stereocenters. The third-order valence-corrected chi connectivity index (χ3v) is 3.72. The summed E-state index contributed by atoms with van der Waals surface area (Å²) in [5.41, 5.74) is 1.91. The molecule has 0 amide bonds. The van der Waals surface area contributed by atoms with Gasteiger partial charge in [-0.2, -0.15) is 18.3 Å². The lowest BCUT2D eigenvalue weighted by Crippen LogP contribution is -2.44. The van der Waals surface area contributed by atoms with Gasteiger partial charge < -0.3 is 15.3 Å². The van der Waals surface area contributed by atoms with Crippen molar-refractivity contribution in [3.63, 3.8) is 0 Å². The highest BCUT2D eigenvalue weighted by Gasteiger charge is 2.38. The van der Waals surface area contributed by atoms with Crippen LogP contribution >= 0.6 is 0 Å². The molecule has 2 aromatic rings. The number of nitrogens with one attached hydrogen (secondary N) is 1. The first-order valence-corrected chi connectivity index (χ1v) is 7.88. The molecule has 2 N–H and O–H groups in total. The van der Waals surface area contributed by atoms with Gasteiger partial charge >= 0.3 is 12.1 Å². The van der Waals surface area contributed by atoms with E-state index in [9.17, 15) is 17.6 Å². The second-order valence-corrected chi connectivity index (χ2v) is 5.71. The van der Waals surface area contributed by atoms with Crippen molar-refractivity contribution in [2.45, 2.75) is 13.1 Å². The normalized spacial score (nSPS) is 14.5. The van der Waals surface area contributed by atoms with Gasteiger partial charge in [-0.1, -0.05) is 0 Å². The zero-order valence-electron chi connectivity index (χ0n) is 14.6. The number of alkyl halides is 3. The first-order valence-electron chi connectivity index (χ1n) is 7.88. The van der Waals surface area contributed by atoms with Gasteiger partial charge in [-0.05, 0) is 12.5 Å². The van der Waals surface area contributed by atoms with Gasteiger partial charge in [-0.15, -0.1) is 0 Å². The van der Waals surface area contributed by atoms with Crippen molar-refractivity contribution in [2.24, 2.45) is 7.05 Å². The van der Waals surface area contributed by atoms with Crippen molar-refractivity contribution in [3.05, 3.63) is 23.8 Å². The fraction of sp³-hybridized carbons (Fsp3) is 0.467. The van der Waals surface area contributed by atoms with Gasteiger partial charge in [0.1, 0.15) is 5.69 Å². The minimum Gasteiger partial charge on any atom is -0.475 e. The van der Waals surface area contributed by atoms with E-state index in [-0.39, 0.29) is 0 Å². The molecule has 0 spiro atoms. The highest BCUT2D eigenvalue weighted by molar-refractivity contribution is 5.73. The van der Waals surface area contributed by atoms with Gasteiger partial charge in [0, 0.05) is 33.2 Å². The van der Waals surface area contributed by atoms with Crippen LogP contribution in [0.5, 0.6) is 0 Å². The van der Waals surface area contributed by atoms with Crippen molar-refractivity contribution in [2.75, 3.05) is 31.1 Å². The predicted molar refractivity (Wildman–Crippen MR) is 87.7 cm³/mol. The molecule has 0 unspecified atom stereocenters. The number of anilines is 1. The lowest BCUT2D eigenvalue weighted by molar-refractivity contribution is -0.192. The largest absolute Gasteiger partial charge is 0.490 e. The average molecular weight is 390 g/mol. The molecule has 0 radical (unpaired) electrons. The molecule has 3 heterocycles. The Bertz CT molecular complexity index is 783. The van der Waals surface area contributed by atoms with Crippen LogP contribution in [-0.2, 0) is 11.8 Å². The van der Waals surface area contributed by atoms with E-state index in [1.54, 1.807) is 17.9 Å². The summed E-state index contributed by atoms with van der Waals surface area (Å²) < 4.78 is 47.4. The Kier molecular flexibility index (Phi) is 6.31. The number of aliphatic carboxylic acids is 1. The smallest absolute Gasteiger partial charge is 0.475 e. The van der Waals surface area contributed by atoms with E-state index in [1.165, 1.54) is 6.20 Å². The lowest BCUT2D eigenvalue weighted by atomic mass is 10.2. The molecule has 8 nitrogen and oxygen atoms in total. The molecular formula is C15H18F4N6O2. The van der Waals surface area contributed by atoms with Crippen LogP contribution in [0, 0.1) is 12.7 Å². The summed E-state index contributed by atoms with van der Waals surface area (Å²) in [6.45, 7) is 5.33. The van der Waals surface area contributed by atoms with Crippen LogP contribution in [0.1, 0.15) is 5.56 Å². The van der Waals surface area contributed by atoms with Crippen molar-refractivity contribution in [1.29, 1.82) is 0 Å². The number of carboxylic acids is 1. The molecule has 148 valence electrons. The Balaban J connectivity index is 0.000000321. The summed E-state index contributed by atoms with van der Waals surface area (Å²) in [6, 6.07) is 0. The van der Waals surface area contributed by atoms with Crippen LogP contribution in [0.4, 0.5) is 23.5 Å². The monoisotopic (exact) mass is 390 g/mol. The molecule has 12 heteroatoms. The van der Waals surface area contributed by atoms with Gasteiger partial charge in [0.25, 0.3) is 0 Å². The molecular weight excluding hydrogens is 372 g/mol. The van der Waals surface area contributed by atoms with E-state index >= 15 is 0 Å². The first kappa shape index (κ1) is 20.6. The highest BCUT2D eigenvalue weighted by atomic mass is 19.4. The third kappa shape index (κ3) is 5.12. The van der Waals surface area contributed by atoms with Gasteiger partial charge in [0.05, 0.1) is 18.1 Å². The van der Waals surface area contributed by atoms with Crippen molar-refractivity contribution < 1.29 is 27.5 Å². The molecule has 2 aromatic heterocycles. The average Bonchev–Trinajstić information content (AvgIpc) is 2.94. The molecule has 0 bridgehead atoms. The SMILES string of the molecule is Cc1cnn(C)c1-c1nc(N2CCNCC2)ncc1F.O=C(O)C(F)(F)F. The number of carboxylic acid groups (broad SMARTS) is 1. The summed E-state index contributed by atoms with van der Waals surface area (Å²) >= 11 is 0. The predicted octanol–water partition coefficient (Wildman–Crippen LogP) is 1.37. The Labute approximate surface area is 151 Å². The Morgan fingerprint density at radius 2 is 1.85 bits per heavy atom. The van der Waals surface area contributed by atoms with Crippen LogP contribution in [0.2, 0.25) is 0 Å². The topological polar surface area (TPSA) is 96.2 Å². The van der Waals surface area contributed by atoms with Gasteiger partial charge in [-0.3, -0.25) is 4.68 Å². The van der Waals surface area contributed by atoms with Crippen molar-refractivity contribution in [3.8, 4) is 11.4 Å². The molecule has 1 saturated heterocycles. The molecule has 0 saturated carbocycles. The van der Waals surface area contributed by atoms with Crippen LogP contribution < -0.4 is 10.2 Å². The van der Waals surface area contributed by atoms with E-state index in [0.29, 0.717) is 17.3 Å². The van der Waals surface area contributed by atoms with E-state index < -0.39 is 18.0 Å². The van der Waals surface area contributed by atoms with E-state index in [1.807, 2.05) is 6.92 Å². The van der Waals surface area contributed by atoms with Gasteiger partial charge in [0.15, 0.2) is 5.82 Å². The van der Waals surface area contributed by atoms with Crippen molar-refractivity contribution in [1.82, 2.24) is 25.1 Å². The van der Waals surface area contributed by atoms with Crippen molar-refractivity contribution >= 4 is 11.9 Å². The molecule has 0 aromatic carbocycles. The maximum absolute atomic E-state index is 14.1. The summed E-state index contributed by atoms with van der Waals surface area (Å²) in [4.78, 5) is 19.5. The molecule has 0 aliphatic carbocycles. The summed E-state index contributed by atoms with van der Waals surface area (Å²) in [6.07, 6.45) is -2.13. The Hall–Kier alpha value is -2.76. The van der Waals surface area contributed by atoms with E-state index in [4.69, 9.17) is 9.90 Å². The number of rotatable bonds is 2. The van der Waals surface area contributed by atoms with Crippen LogP contribution in [0.3, 0.4) is 0 Å². The maximum Gasteiger partial charge on any atom is 0.490 e. The quantitative estimate of drug-likeness (QED) is 0.748. The number of halogens is 4. The number of aryl methyl sites for hydroxylation is 2. The van der Waals surface area contributed by atoms with Crippen LogP contribution in [0.25, 0.3) is 11.4 Å². The van der Waals surface area contributed by atoms with E-state index in [0.717, 1.165) is 31.7 Å². The molecule has 27 heavy (non-hydrogen) atoms. The second-order valence-electron chi connectivity index (χ2n) is 5.71. The minimum absolute atomic E-state index is 0.311.